The smallest absolute Gasteiger partial charge is 0.415 e. The molecule has 0 fully saturated rings. The Bertz CT molecular complexity index is 519. The van der Waals surface area contributed by atoms with E-state index in [1.807, 2.05) is 19.1 Å². The molecule has 0 atom stereocenters. The number of amides is 1. The zero-order chi connectivity index (χ0) is 13.8. The first-order valence-corrected chi connectivity index (χ1v) is 6.02. The second kappa shape index (κ2) is 5.56. The van der Waals surface area contributed by atoms with Gasteiger partial charge in [0.15, 0.2) is 0 Å². The van der Waals surface area contributed by atoms with Gasteiger partial charge in [-0.2, -0.15) is 0 Å². The average molecular weight is 261 g/mol. The number of ether oxygens (including phenoxy) is 1. The van der Waals surface area contributed by atoms with Crippen LogP contribution in [0.1, 0.15) is 12.0 Å². The minimum Gasteiger partial charge on any atom is -0.478 e. The van der Waals surface area contributed by atoms with Gasteiger partial charge in [0.2, 0.25) is 0 Å². The quantitative estimate of drug-likeness (QED) is 0.886. The van der Waals surface area contributed by atoms with E-state index in [2.05, 4.69) is 0 Å². The Kier molecular flexibility index (Phi) is 3.85. The lowest BCUT2D eigenvalue weighted by atomic mass is 10.1. The number of carboxylic acids is 1. The zero-order valence-corrected chi connectivity index (χ0v) is 10.6. The molecule has 19 heavy (non-hydrogen) atoms. The topological polar surface area (TPSA) is 66.8 Å². The largest absolute Gasteiger partial charge is 0.478 e. The van der Waals surface area contributed by atoms with Crippen LogP contribution in [-0.2, 0) is 4.79 Å². The van der Waals surface area contributed by atoms with Crippen LogP contribution in [0.3, 0.4) is 0 Å². The summed E-state index contributed by atoms with van der Waals surface area (Å²) in [6, 6.07) is 7.19. The molecule has 1 N–H and O–H groups in total. The number of carbonyl (C=O) groups excluding carboxylic acids is 1. The molecule has 1 aliphatic heterocycles. The van der Waals surface area contributed by atoms with Gasteiger partial charge in [-0.15, -0.1) is 0 Å². The van der Waals surface area contributed by atoms with Crippen molar-refractivity contribution in [2.75, 3.05) is 13.1 Å². The molecule has 0 radical (unpaired) electrons. The molecule has 1 heterocycles. The molecule has 0 unspecified atom stereocenters. The van der Waals surface area contributed by atoms with Gasteiger partial charge in [0.25, 0.3) is 0 Å². The summed E-state index contributed by atoms with van der Waals surface area (Å²) in [5.74, 6) is -0.435. The Hall–Kier alpha value is -2.30. The van der Waals surface area contributed by atoms with Crippen molar-refractivity contribution < 1.29 is 19.4 Å². The average Bonchev–Trinajstić information content (AvgIpc) is 2.41. The summed E-state index contributed by atoms with van der Waals surface area (Å²) in [4.78, 5) is 24.1. The number of carbonyl (C=O) groups is 2. The van der Waals surface area contributed by atoms with Crippen molar-refractivity contribution in [2.24, 2.45) is 0 Å². The normalized spacial score (nSPS) is 14.8. The van der Waals surface area contributed by atoms with E-state index in [0.717, 1.165) is 5.56 Å². The van der Waals surface area contributed by atoms with E-state index < -0.39 is 12.1 Å². The van der Waals surface area contributed by atoms with Crippen molar-refractivity contribution in [1.29, 1.82) is 0 Å². The lowest BCUT2D eigenvalue weighted by Crippen LogP contribution is -2.37. The summed E-state index contributed by atoms with van der Waals surface area (Å²) < 4.78 is 5.21. The first kappa shape index (κ1) is 13.1. The highest BCUT2D eigenvalue weighted by Gasteiger charge is 2.21. The summed E-state index contributed by atoms with van der Waals surface area (Å²) in [5.41, 5.74) is 1.44. The lowest BCUT2D eigenvalue weighted by molar-refractivity contribution is -0.133. The lowest BCUT2D eigenvalue weighted by Gasteiger charge is -2.24. The summed E-state index contributed by atoms with van der Waals surface area (Å²) in [7, 11) is 0. The number of hydrogen-bond donors (Lipinski definition) is 1. The van der Waals surface area contributed by atoms with Crippen molar-refractivity contribution in [3.8, 4) is 5.75 Å². The van der Waals surface area contributed by atoms with Crippen LogP contribution in [-0.4, -0.2) is 35.2 Å². The van der Waals surface area contributed by atoms with E-state index in [1.165, 1.54) is 4.90 Å². The van der Waals surface area contributed by atoms with Gasteiger partial charge in [-0.25, -0.2) is 9.59 Å². The van der Waals surface area contributed by atoms with Gasteiger partial charge in [0.05, 0.1) is 0 Å². The second-order valence-corrected chi connectivity index (χ2v) is 4.41. The van der Waals surface area contributed by atoms with Gasteiger partial charge in [-0.3, -0.25) is 0 Å². The molecule has 0 aromatic heterocycles. The van der Waals surface area contributed by atoms with Crippen LogP contribution in [0, 0.1) is 6.92 Å². The van der Waals surface area contributed by atoms with Crippen LogP contribution in [0.4, 0.5) is 4.79 Å². The minimum atomic E-state index is -0.924. The van der Waals surface area contributed by atoms with E-state index >= 15 is 0 Å². The predicted octanol–water partition coefficient (Wildman–Crippen LogP) is 2.21. The minimum absolute atomic E-state index is 0.270. The fourth-order valence-electron chi connectivity index (χ4n) is 1.80. The molecule has 0 aliphatic carbocycles. The van der Waals surface area contributed by atoms with Crippen molar-refractivity contribution in [2.45, 2.75) is 13.3 Å². The van der Waals surface area contributed by atoms with E-state index in [0.29, 0.717) is 24.3 Å². The zero-order valence-electron chi connectivity index (χ0n) is 10.6. The first-order valence-electron chi connectivity index (χ1n) is 6.02. The van der Waals surface area contributed by atoms with Crippen LogP contribution in [0.15, 0.2) is 35.9 Å². The number of carboxylic acid groups (broad SMARTS) is 1. The number of hydrogen-bond acceptors (Lipinski definition) is 3. The fourth-order valence-corrected chi connectivity index (χ4v) is 1.80. The predicted molar refractivity (Wildman–Crippen MR) is 69.1 cm³/mol. The van der Waals surface area contributed by atoms with Crippen LogP contribution < -0.4 is 4.74 Å². The molecule has 0 bridgehead atoms. The molecule has 0 spiro atoms. The Labute approximate surface area is 111 Å². The molecule has 0 saturated carbocycles. The molecule has 5 nitrogen and oxygen atoms in total. The molecule has 5 heteroatoms. The maximum absolute atomic E-state index is 11.9. The van der Waals surface area contributed by atoms with Crippen LogP contribution in [0.2, 0.25) is 0 Å². The van der Waals surface area contributed by atoms with Gasteiger partial charge < -0.3 is 14.7 Å². The van der Waals surface area contributed by atoms with Crippen LogP contribution in [0.5, 0.6) is 5.75 Å². The molecule has 1 amide bonds. The van der Waals surface area contributed by atoms with Crippen LogP contribution >= 0.6 is 0 Å². The maximum Gasteiger partial charge on any atom is 0.415 e. The Balaban J connectivity index is 1.95. The van der Waals surface area contributed by atoms with Gasteiger partial charge in [-0.1, -0.05) is 23.8 Å². The second-order valence-electron chi connectivity index (χ2n) is 4.41. The summed E-state index contributed by atoms with van der Waals surface area (Å²) in [6.07, 6.45) is 1.44. The SMILES string of the molecule is Cc1ccc(OC(=O)N2CC=C(C(=O)O)CC2)cc1. The number of nitrogens with zero attached hydrogens (tertiary/aromatic N) is 1. The third-order valence-corrected chi connectivity index (χ3v) is 2.97. The van der Waals surface area contributed by atoms with Gasteiger partial charge in [0, 0.05) is 18.7 Å². The molecule has 1 aromatic carbocycles. The Morgan fingerprint density at radius 1 is 1.26 bits per heavy atom. The summed E-state index contributed by atoms with van der Waals surface area (Å²) >= 11 is 0. The van der Waals surface area contributed by atoms with Crippen molar-refractivity contribution >= 4 is 12.1 Å². The fraction of sp³-hybridized carbons (Fsp3) is 0.286. The number of benzene rings is 1. The molecule has 2 rings (SSSR count). The monoisotopic (exact) mass is 261 g/mol. The molecular formula is C14H15NO4. The third kappa shape index (κ3) is 3.34. The molecule has 100 valence electrons. The number of aliphatic carboxylic acids is 1. The maximum atomic E-state index is 11.9. The molecule has 1 aliphatic rings. The van der Waals surface area contributed by atoms with Gasteiger partial charge in [-0.05, 0) is 25.5 Å². The van der Waals surface area contributed by atoms with E-state index in [4.69, 9.17) is 9.84 Å². The van der Waals surface area contributed by atoms with Gasteiger partial charge >= 0.3 is 12.1 Å². The number of rotatable bonds is 2. The summed E-state index contributed by atoms with van der Waals surface area (Å²) in [6.45, 7) is 2.59. The van der Waals surface area contributed by atoms with Gasteiger partial charge in [0.1, 0.15) is 5.75 Å². The molecule has 1 aromatic rings. The van der Waals surface area contributed by atoms with E-state index in [9.17, 15) is 9.59 Å². The highest BCUT2D eigenvalue weighted by Crippen LogP contribution is 2.15. The Morgan fingerprint density at radius 2 is 1.95 bits per heavy atom. The van der Waals surface area contributed by atoms with Crippen molar-refractivity contribution in [1.82, 2.24) is 4.90 Å². The highest BCUT2D eigenvalue weighted by molar-refractivity contribution is 5.87. The van der Waals surface area contributed by atoms with Crippen molar-refractivity contribution in [3.05, 3.63) is 41.5 Å². The van der Waals surface area contributed by atoms with E-state index in [1.54, 1.807) is 18.2 Å². The Morgan fingerprint density at radius 3 is 2.47 bits per heavy atom. The standard InChI is InChI=1S/C14H15NO4/c1-10-2-4-12(5-3-10)19-14(18)15-8-6-11(7-9-15)13(16)17/h2-6H,7-9H2,1H3,(H,16,17). The number of aryl methyl sites for hydroxylation is 1. The van der Waals surface area contributed by atoms with Crippen molar-refractivity contribution in [3.63, 3.8) is 0 Å². The van der Waals surface area contributed by atoms with Crippen LogP contribution in [0.25, 0.3) is 0 Å². The third-order valence-electron chi connectivity index (χ3n) is 2.97. The summed E-state index contributed by atoms with van der Waals surface area (Å²) in [5, 5.41) is 8.82. The molecular weight excluding hydrogens is 246 g/mol. The highest BCUT2D eigenvalue weighted by atomic mass is 16.6. The van der Waals surface area contributed by atoms with E-state index in [-0.39, 0.29) is 6.54 Å². The first-order chi connectivity index (χ1) is 9.06. The molecule has 0 saturated heterocycles.